The Hall–Kier alpha value is -2.39. The average molecular weight is 390 g/mol. The number of carbonyl (C=O) groups excluding carboxylic acids is 1. The van der Waals surface area contributed by atoms with Gasteiger partial charge in [0, 0.05) is 12.1 Å². The lowest BCUT2D eigenvalue weighted by atomic mass is 9.92. The second kappa shape index (κ2) is 8.53. The Morgan fingerprint density at radius 2 is 2.11 bits per heavy atom. The Bertz CT molecular complexity index is 823. The van der Waals surface area contributed by atoms with Gasteiger partial charge < -0.3 is 10.1 Å². The number of benzene rings is 1. The second-order valence-electron chi connectivity index (χ2n) is 6.90. The van der Waals surface area contributed by atoms with Gasteiger partial charge in [-0.25, -0.2) is 4.39 Å². The summed E-state index contributed by atoms with van der Waals surface area (Å²) < 4.78 is 19.6. The zero-order valence-corrected chi connectivity index (χ0v) is 15.8. The van der Waals surface area contributed by atoms with Gasteiger partial charge in [0.2, 0.25) is 5.91 Å². The molecule has 7 heteroatoms. The molecule has 1 amide bonds. The van der Waals surface area contributed by atoms with Gasteiger partial charge in [-0.2, -0.15) is 5.26 Å². The molecule has 1 aromatic carbocycles. The fraction of sp³-hybridized carbons (Fsp3) is 0.450. The van der Waals surface area contributed by atoms with Crippen molar-refractivity contribution < 1.29 is 13.9 Å². The summed E-state index contributed by atoms with van der Waals surface area (Å²) in [7, 11) is 0. The maximum absolute atomic E-state index is 13.6. The van der Waals surface area contributed by atoms with Crippen LogP contribution in [0.1, 0.15) is 38.2 Å². The van der Waals surface area contributed by atoms with Crippen LogP contribution in [0.5, 0.6) is 5.75 Å². The fourth-order valence-electron chi connectivity index (χ4n) is 3.30. The largest absolute Gasteiger partial charge is 0.490 e. The predicted octanol–water partition coefficient (Wildman–Crippen LogP) is 3.96. The van der Waals surface area contributed by atoms with E-state index in [9.17, 15) is 9.18 Å². The van der Waals surface area contributed by atoms with Gasteiger partial charge >= 0.3 is 0 Å². The topological polar surface area (TPSA) is 74.5 Å². The third-order valence-electron chi connectivity index (χ3n) is 4.94. The van der Waals surface area contributed by atoms with E-state index in [1.165, 1.54) is 6.08 Å². The number of rotatable bonds is 4. The Labute approximate surface area is 162 Å². The zero-order valence-electron chi connectivity index (χ0n) is 15.0. The predicted molar refractivity (Wildman–Crippen MR) is 102 cm³/mol. The Morgan fingerprint density at radius 3 is 2.74 bits per heavy atom. The molecule has 0 radical (unpaired) electrons. The summed E-state index contributed by atoms with van der Waals surface area (Å²) in [6.45, 7) is 1.89. The number of hydrogen-bond acceptors (Lipinski definition) is 4. The van der Waals surface area contributed by atoms with Crippen molar-refractivity contribution in [1.29, 1.82) is 5.26 Å². The van der Waals surface area contributed by atoms with Gasteiger partial charge in [0.15, 0.2) is 0 Å². The summed E-state index contributed by atoms with van der Waals surface area (Å²) in [5, 5.41) is 12.3. The summed E-state index contributed by atoms with van der Waals surface area (Å²) in [6.07, 6.45) is 4.58. The summed E-state index contributed by atoms with van der Waals surface area (Å²) in [6, 6.07) is 7.12. The van der Waals surface area contributed by atoms with E-state index in [0.29, 0.717) is 28.6 Å². The van der Waals surface area contributed by atoms with E-state index in [1.54, 1.807) is 25.1 Å². The third kappa shape index (κ3) is 4.86. The molecule has 1 heterocycles. The smallest absolute Gasteiger partial charge is 0.229 e. The van der Waals surface area contributed by atoms with Crippen LogP contribution in [0.4, 0.5) is 4.39 Å². The lowest BCUT2D eigenvalue weighted by Gasteiger charge is -2.30. The minimum Gasteiger partial charge on any atom is -0.490 e. The standard InChI is InChI=1S/C20H21ClFN3O2/c1-12-19(22)8-14(11-24-12)20(26)25-15-3-6-16(7-4-15)27-17-5-2-13(10-23)18(21)9-17/h2,5,8-9,14-16H,3-4,6-7,11H2,1H3,(H,25,26). The number of carbonyl (C=O) groups is 1. The van der Waals surface area contributed by atoms with E-state index in [0.717, 1.165) is 25.7 Å². The summed E-state index contributed by atoms with van der Waals surface area (Å²) in [4.78, 5) is 16.4. The molecule has 2 aliphatic rings. The number of nitrogens with one attached hydrogen (secondary N) is 1. The molecule has 1 aliphatic carbocycles. The molecule has 0 aromatic heterocycles. The van der Waals surface area contributed by atoms with Crippen molar-refractivity contribution in [3.8, 4) is 11.8 Å². The number of amides is 1. The number of dihydropyridines is 1. The Balaban J connectivity index is 1.47. The molecular formula is C20H21ClFN3O2. The lowest BCUT2D eigenvalue weighted by Crippen LogP contribution is -2.43. The molecule has 1 saturated carbocycles. The van der Waals surface area contributed by atoms with Gasteiger partial charge in [0.25, 0.3) is 0 Å². The van der Waals surface area contributed by atoms with Gasteiger partial charge in [-0.05, 0) is 50.8 Å². The molecular weight excluding hydrogens is 369 g/mol. The highest BCUT2D eigenvalue weighted by molar-refractivity contribution is 6.31. The molecule has 5 nitrogen and oxygen atoms in total. The molecule has 0 saturated heterocycles. The first kappa shape index (κ1) is 19.4. The van der Waals surface area contributed by atoms with Gasteiger partial charge in [-0.15, -0.1) is 0 Å². The first-order chi connectivity index (χ1) is 13.0. The Kier molecular flexibility index (Phi) is 6.12. The molecule has 142 valence electrons. The molecule has 0 spiro atoms. The molecule has 1 aliphatic heterocycles. The maximum atomic E-state index is 13.6. The molecule has 1 N–H and O–H groups in total. The molecule has 0 bridgehead atoms. The summed E-state index contributed by atoms with van der Waals surface area (Å²) >= 11 is 6.03. The van der Waals surface area contributed by atoms with Crippen LogP contribution < -0.4 is 10.1 Å². The SMILES string of the molecule is CC1=NCC(C(=O)NC2CCC(Oc3ccc(C#N)c(Cl)c3)CC2)C=C1F. The van der Waals surface area contributed by atoms with Crippen LogP contribution in [-0.2, 0) is 4.79 Å². The average Bonchev–Trinajstić information content (AvgIpc) is 2.65. The monoisotopic (exact) mass is 389 g/mol. The van der Waals surface area contributed by atoms with Crippen molar-refractivity contribution >= 4 is 23.2 Å². The lowest BCUT2D eigenvalue weighted by molar-refractivity contribution is -0.124. The highest BCUT2D eigenvalue weighted by Gasteiger charge is 2.27. The normalized spacial score (nSPS) is 25.0. The van der Waals surface area contributed by atoms with E-state index in [-0.39, 0.29) is 18.1 Å². The molecule has 1 fully saturated rings. The van der Waals surface area contributed by atoms with Crippen LogP contribution in [0.15, 0.2) is 35.1 Å². The second-order valence-corrected chi connectivity index (χ2v) is 7.31. The van der Waals surface area contributed by atoms with Crippen molar-refractivity contribution in [3.63, 3.8) is 0 Å². The molecule has 27 heavy (non-hydrogen) atoms. The number of allylic oxidation sites excluding steroid dienone is 1. The van der Waals surface area contributed by atoms with E-state index < -0.39 is 11.7 Å². The highest BCUT2D eigenvalue weighted by Crippen LogP contribution is 2.27. The highest BCUT2D eigenvalue weighted by atomic mass is 35.5. The van der Waals surface area contributed by atoms with Crippen LogP contribution >= 0.6 is 11.6 Å². The minimum atomic E-state index is -0.538. The molecule has 1 atom stereocenters. The number of nitrogens with zero attached hydrogens (tertiary/aromatic N) is 2. The van der Waals surface area contributed by atoms with Crippen LogP contribution in [0.3, 0.4) is 0 Å². The number of ether oxygens (including phenoxy) is 1. The number of aliphatic imine (C=N–C) groups is 1. The third-order valence-corrected chi connectivity index (χ3v) is 5.25. The van der Waals surface area contributed by atoms with E-state index in [1.807, 2.05) is 6.07 Å². The minimum absolute atomic E-state index is 0.0430. The van der Waals surface area contributed by atoms with Crippen molar-refractivity contribution in [3.05, 3.63) is 40.7 Å². The van der Waals surface area contributed by atoms with Gasteiger partial charge in [0.05, 0.1) is 34.9 Å². The van der Waals surface area contributed by atoms with Crippen LogP contribution in [0, 0.1) is 17.2 Å². The van der Waals surface area contributed by atoms with Crippen molar-refractivity contribution in [1.82, 2.24) is 5.32 Å². The van der Waals surface area contributed by atoms with E-state index >= 15 is 0 Å². The van der Waals surface area contributed by atoms with Crippen LogP contribution in [0.25, 0.3) is 0 Å². The van der Waals surface area contributed by atoms with Gasteiger partial charge in [-0.1, -0.05) is 11.6 Å². The number of nitriles is 1. The summed E-state index contributed by atoms with van der Waals surface area (Å²) in [5.74, 6) is -0.491. The number of halogens is 2. The molecule has 1 unspecified atom stereocenters. The maximum Gasteiger partial charge on any atom is 0.229 e. The first-order valence-corrected chi connectivity index (χ1v) is 9.39. The molecule has 1 aromatic rings. The fourth-order valence-corrected chi connectivity index (χ4v) is 3.52. The van der Waals surface area contributed by atoms with Gasteiger partial charge in [-0.3, -0.25) is 9.79 Å². The summed E-state index contributed by atoms with van der Waals surface area (Å²) in [5.41, 5.74) is 0.766. The van der Waals surface area contributed by atoms with Gasteiger partial charge in [0.1, 0.15) is 17.6 Å². The van der Waals surface area contributed by atoms with Crippen LogP contribution in [0.2, 0.25) is 5.02 Å². The van der Waals surface area contributed by atoms with Crippen molar-refractivity contribution in [2.24, 2.45) is 10.9 Å². The van der Waals surface area contributed by atoms with E-state index in [2.05, 4.69) is 10.3 Å². The van der Waals surface area contributed by atoms with Crippen molar-refractivity contribution in [2.45, 2.75) is 44.8 Å². The van der Waals surface area contributed by atoms with E-state index in [4.69, 9.17) is 21.6 Å². The Morgan fingerprint density at radius 1 is 1.37 bits per heavy atom. The zero-order chi connectivity index (χ0) is 19.4. The first-order valence-electron chi connectivity index (χ1n) is 9.01. The molecule has 3 rings (SSSR count). The van der Waals surface area contributed by atoms with Crippen molar-refractivity contribution in [2.75, 3.05) is 6.54 Å². The van der Waals surface area contributed by atoms with Crippen LogP contribution in [-0.4, -0.2) is 30.3 Å². The number of hydrogen-bond donors (Lipinski definition) is 1. The quantitative estimate of drug-likeness (QED) is 0.846.